The lowest BCUT2D eigenvalue weighted by atomic mass is 9.74. The van der Waals surface area contributed by atoms with Gasteiger partial charge in [0.25, 0.3) is 0 Å². The van der Waals surface area contributed by atoms with Crippen molar-refractivity contribution in [2.24, 2.45) is 0 Å². The van der Waals surface area contributed by atoms with Crippen LogP contribution in [0.15, 0.2) is 42.9 Å². The fourth-order valence-electron chi connectivity index (χ4n) is 3.44. The molecule has 0 atom stereocenters. The summed E-state index contributed by atoms with van der Waals surface area (Å²) in [5, 5.41) is 10.9. The second-order valence-corrected chi connectivity index (χ2v) is 7.37. The van der Waals surface area contributed by atoms with Crippen LogP contribution in [0.1, 0.15) is 18.4 Å². The van der Waals surface area contributed by atoms with Crippen LogP contribution in [0.25, 0.3) is 11.0 Å². The zero-order valence-corrected chi connectivity index (χ0v) is 15.2. The van der Waals surface area contributed by atoms with Crippen molar-refractivity contribution in [3.8, 4) is 6.07 Å². The summed E-state index contributed by atoms with van der Waals surface area (Å²) in [4.78, 5) is 14.1. The number of aromatic nitrogens is 3. The summed E-state index contributed by atoms with van der Waals surface area (Å²) in [6.07, 6.45) is 5.09. The normalized spacial score (nSPS) is 16.9. The van der Waals surface area contributed by atoms with E-state index in [1.165, 1.54) is 3.57 Å². The van der Waals surface area contributed by atoms with Gasteiger partial charge < -0.3 is 9.88 Å². The molecule has 0 bridgehead atoms. The Morgan fingerprint density at radius 1 is 1.12 bits per heavy atom. The molecule has 0 saturated carbocycles. The number of fused-ring (bicyclic) bond motifs is 1. The molecule has 2 aromatic heterocycles. The van der Waals surface area contributed by atoms with Crippen LogP contribution in [-0.4, -0.2) is 28.0 Å². The summed E-state index contributed by atoms with van der Waals surface area (Å²) in [7, 11) is 0. The van der Waals surface area contributed by atoms with E-state index in [1.807, 2.05) is 12.3 Å². The molecule has 1 aliphatic rings. The number of anilines is 1. The Morgan fingerprint density at radius 3 is 2.58 bits per heavy atom. The third-order valence-electron chi connectivity index (χ3n) is 4.86. The van der Waals surface area contributed by atoms with Gasteiger partial charge >= 0.3 is 0 Å². The number of hydrogen-bond acceptors (Lipinski definition) is 4. The van der Waals surface area contributed by atoms with Gasteiger partial charge in [-0.2, -0.15) is 5.26 Å². The molecule has 1 aromatic carbocycles. The smallest absolute Gasteiger partial charge is 0.142 e. The monoisotopic (exact) mass is 429 g/mol. The number of aromatic amines is 1. The molecule has 0 unspecified atom stereocenters. The van der Waals surface area contributed by atoms with E-state index in [1.54, 1.807) is 6.33 Å². The SMILES string of the molecule is N#CC1(c2ccc(I)cc2)CCN(c2ncnc3[nH]ccc23)CC1. The largest absolute Gasteiger partial charge is 0.356 e. The van der Waals surface area contributed by atoms with E-state index in [0.29, 0.717) is 0 Å². The number of H-pyrrole nitrogens is 1. The van der Waals surface area contributed by atoms with E-state index in [2.05, 4.69) is 72.8 Å². The molecule has 1 aliphatic heterocycles. The van der Waals surface area contributed by atoms with E-state index in [9.17, 15) is 5.26 Å². The van der Waals surface area contributed by atoms with Crippen molar-refractivity contribution >= 4 is 39.4 Å². The number of nitrogens with zero attached hydrogens (tertiary/aromatic N) is 4. The highest BCUT2D eigenvalue weighted by Gasteiger charge is 2.37. The van der Waals surface area contributed by atoms with Gasteiger partial charge in [-0.15, -0.1) is 0 Å². The van der Waals surface area contributed by atoms with Crippen molar-refractivity contribution in [1.29, 1.82) is 5.26 Å². The predicted octanol–water partition coefficient (Wildman–Crippen LogP) is 3.62. The predicted molar refractivity (Wildman–Crippen MR) is 102 cm³/mol. The van der Waals surface area contributed by atoms with E-state index in [4.69, 9.17) is 0 Å². The minimum atomic E-state index is -0.398. The summed E-state index contributed by atoms with van der Waals surface area (Å²) in [6, 6.07) is 12.9. The Balaban J connectivity index is 1.61. The first-order valence-corrected chi connectivity index (χ1v) is 9.00. The summed E-state index contributed by atoms with van der Waals surface area (Å²) >= 11 is 2.29. The van der Waals surface area contributed by atoms with Crippen LogP contribution >= 0.6 is 22.6 Å². The first kappa shape index (κ1) is 15.4. The number of halogens is 1. The van der Waals surface area contributed by atoms with Crippen LogP contribution in [0.2, 0.25) is 0 Å². The van der Waals surface area contributed by atoms with Gasteiger partial charge in [0.05, 0.1) is 16.9 Å². The minimum absolute atomic E-state index is 0.398. The van der Waals surface area contributed by atoms with Crippen LogP contribution in [-0.2, 0) is 5.41 Å². The molecule has 0 amide bonds. The maximum atomic E-state index is 9.86. The summed E-state index contributed by atoms with van der Waals surface area (Å²) in [5.41, 5.74) is 1.58. The van der Waals surface area contributed by atoms with E-state index in [-0.39, 0.29) is 0 Å². The second-order valence-electron chi connectivity index (χ2n) is 6.13. The fraction of sp³-hybridized carbons (Fsp3) is 0.278. The van der Waals surface area contributed by atoms with Crippen LogP contribution in [0.3, 0.4) is 0 Å². The van der Waals surface area contributed by atoms with Crippen LogP contribution in [0.5, 0.6) is 0 Å². The molecular weight excluding hydrogens is 413 g/mol. The van der Waals surface area contributed by atoms with Crippen LogP contribution < -0.4 is 4.90 Å². The van der Waals surface area contributed by atoms with Crippen molar-refractivity contribution < 1.29 is 0 Å². The first-order chi connectivity index (χ1) is 11.7. The molecule has 4 rings (SSSR count). The Morgan fingerprint density at radius 2 is 1.88 bits per heavy atom. The fourth-order valence-corrected chi connectivity index (χ4v) is 3.80. The van der Waals surface area contributed by atoms with Gasteiger partial charge in [0, 0.05) is 22.9 Å². The average Bonchev–Trinajstić information content (AvgIpc) is 3.11. The summed E-state index contributed by atoms with van der Waals surface area (Å²) in [6.45, 7) is 1.63. The molecule has 0 radical (unpaired) electrons. The maximum absolute atomic E-state index is 9.86. The molecule has 5 nitrogen and oxygen atoms in total. The lowest BCUT2D eigenvalue weighted by Crippen LogP contribution is -2.42. The van der Waals surface area contributed by atoms with Crippen LogP contribution in [0, 0.1) is 14.9 Å². The van der Waals surface area contributed by atoms with E-state index < -0.39 is 5.41 Å². The van der Waals surface area contributed by atoms with Crippen molar-refractivity contribution in [2.45, 2.75) is 18.3 Å². The quantitative estimate of drug-likeness (QED) is 0.632. The molecule has 6 heteroatoms. The topological polar surface area (TPSA) is 68.6 Å². The van der Waals surface area contributed by atoms with Gasteiger partial charge in [0.1, 0.15) is 17.8 Å². The Labute approximate surface area is 153 Å². The average molecular weight is 429 g/mol. The van der Waals surface area contributed by atoms with Gasteiger partial charge in [-0.3, -0.25) is 0 Å². The molecule has 1 fully saturated rings. The molecule has 3 heterocycles. The third kappa shape index (κ3) is 2.53. The molecule has 3 aromatic rings. The van der Waals surface area contributed by atoms with Gasteiger partial charge in [-0.1, -0.05) is 12.1 Å². The highest BCUT2D eigenvalue weighted by Crippen LogP contribution is 2.37. The Bertz CT molecular complexity index is 901. The molecule has 0 aliphatic carbocycles. The highest BCUT2D eigenvalue weighted by molar-refractivity contribution is 14.1. The van der Waals surface area contributed by atoms with Crippen molar-refractivity contribution in [2.75, 3.05) is 18.0 Å². The molecule has 0 spiro atoms. The van der Waals surface area contributed by atoms with Gasteiger partial charge in [-0.25, -0.2) is 9.97 Å². The number of nitriles is 1. The van der Waals surface area contributed by atoms with Crippen molar-refractivity contribution in [1.82, 2.24) is 15.0 Å². The maximum Gasteiger partial charge on any atom is 0.142 e. The number of piperidine rings is 1. The summed E-state index contributed by atoms with van der Waals surface area (Å²) < 4.78 is 1.19. The number of hydrogen-bond donors (Lipinski definition) is 1. The summed E-state index contributed by atoms with van der Waals surface area (Å²) in [5.74, 6) is 0.954. The lowest BCUT2D eigenvalue weighted by Gasteiger charge is -2.38. The second kappa shape index (κ2) is 6.06. The highest BCUT2D eigenvalue weighted by atomic mass is 127. The number of benzene rings is 1. The molecule has 24 heavy (non-hydrogen) atoms. The first-order valence-electron chi connectivity index (χ1n) is 7.92. The van der Waals surface area contributed by atoms with Gasteiger partial charge in [0.2, 0.25) is 0 Å². The number of rotatable bonds is 2. The van der Waals surface area contributed by atoms with Gasteiger partial charge in [-0.05, 0) is 59.2 Å². The molecular formula is C18H16IN5. The van der Waals surface area contributed by atoms with Gasteiger partial charge in [0.15, 0.2) is 0 Å². The zero-order chi connectivity index (χ0) is 16.6. The Kier molecular flexibility index (Phi) is 3.88. The number of nitrogens with one attached hydrogen (secondary N) is 1. The Hall–Kier alpha value is -2.14. The van der Waals surface area contributed by atoms with E-state index in [0.717, 1.165) is 48.3 Å². The standard InChI is InChI=1S/C18H16IN5/c19-14-3-1-13(2-4-14)18(11-20)6-9-24(10-7-18)17-15-5-8-21-16(15)22-12-23-17/h1-5,8,12H,6-7,9-10H2,(H,21,22,23). The van der Waals surface area contributed by atoms with Crippen molar-refractivity contribution in [3.05, 3.63) is 52.0 Å². The molecule has 1 N–H and O–H groups in total. The third-order valence-corrected chi connectivity index (χ3v) is 5.58. The zero-order valence-electron chi connectivity index (χ0n) is 13.0. The van der Waals surface area contributed by atoms with Crippen LogP contribution in [0.4, 0.5) is 5.82 Å². The van der Waals surface area contributed by atoms with E-state index >= 15 is 0 Å². The molecule has 120 valence electrons. The lowest BCUT2D eigenvalue weighted by molar-refractivity contribution is 0.414. The van der Waals surface area contributed by atoms with Crippen molar-refractivity contribution in [3.63, 3.8) is 0 Å². The minimum Gasteiger partial charge on any atom is -0.356 e. The molecule has 1 saturated heterocycles.